The van der Waals surface area contributed by atoms with Crippen LogP contribution in [-0.4, -0.2) is 37.0 Å². The Balaban J connectivity index is 1.58. The number of hydrogen-bond acceptors (Lipinski definition) is 3. The molecule has 2 fully saturated rings. The smallest absolute Gasteiger partial charge is 0.242 e. The van der Waals surface area contributed by atoms with E-state index in [2.05, 4.69) is 10.6 Å². The Bertz CT molecular complexity index is 608. The van der Waals surface area contributed by atoms with Gasteiger partial charge in [-0.25, -0.2) is 8.78 Å². The minimum Gasteiger partial charge on any atom is -0.367 e. The summed E-state index contributed by atoms with van der Waals surface area (Å²) in [5, 5.41) is 5.50. The first-order valence-electron chi connectivity index (χ1n) is 7.32. The van der Waals surface area contributed by atoms with Gasteiger partial charge in [-0.2, -0.15) is 0 Å². The number of amides is 2. The molecule has 2 heterocycles. The molecular formula is C15H17F2N3O2. The molecule has 5 nitrogen and oxygen atoms in total. The molecule has 2 aliphatic heterocycles. The maximum absolute atomic E-state index is 13.8. The molecule has 1 aromatic rings. The molecule has 0 radical (unpaired) electrons. The molecule has 1 aromatic carbocycles. The summed E-state index contributed by atoms with van der Waals surface area (Å²) in [5.74, 6) is -1.52. The predicted octanol–water partition coefficient (Wildman–Crippen LogP) is 0.938. The molecule has 22 heavy (non-hydrogen) atoms. The van der Waals surface area contributed by atoms with Crippen molar-refractivity contribution < 1.29 is 18.4 Å². The van der Waals surface area contributed by atoms with E-state index in [1.54, 1.807) is 4.90 Å². The molecule has 0 aromatic heterocycles. The minimum atomic E-state index is -0.609. The van der Waals surface area contributed by atoms with Crippen molar-refractivity contribution in [2.75, 3.05) is 18.0 Å². The number of halogens is 2. The van der Waals surface area contributed by atoms with Crippen molar-refractivity contribution in [1.29, 1.82) is 0 Å². The molecule has 0 bridgehead atoms. The van der Waals surface area contributed by atoms with E-state index in [0.717, 1.165) is 6.07 Å². The van der Waals surface area contributed by atoms with Gasteiger partial charge < -0.3 is 15.5 Å². The fourth-order valence-electron chi connectivity index (χ4n) is 2.95. The Morgan fingerprint density at radius 2 is 2.14 bits per heavy atom. The monoisotopic (exact) mass is 309 g/mol. The first-order chi connectivity index (χ1) is 10.5. The second-order valence-electron chi connectivity index (χ2n) is 5.69. The quantitative estimate of drug-likeness (QED) is 0.873. The summed E-state index contributed by atoms with van der Waals surface area (Å²) in [7, 11) is 0. The van der Waals surface area contributed by atoms with E-state index in [-0.39, 0.29) is 17.9 Å². The number of anilines is 1. The van der Waals surface area contributed by atoms with E-state index >= 15 is 0 Å². The zero-order valence-corrected chi connectivity index (χ0v) is 11.9. The van der Waals surface area contributed by atoms with Gasteiger partial charge in [-0.05, 0) is 25.0 Å². The summed E-state index contributed by atoms with van der Waals surface area (Å²) < 4.78 is 26.7. The van der Waals surface area contributed by atoms with Gasteiger partial charge in [0.05, 0.1) is 5.69 Å². The number of carbonyl (C=O) groups is 2. The maximum Gasteiger partial charge on any atom is 0.242 e. The normalized spacial score (nSPS) is 24.5. The fourth-order valence-corrected chi connectivity index (χ4v) is 2.95. The Morgan fingerprint density at radius 1 is 1.32 bits per heavy atom. The predicted molar refractivity (Wildman–Crippen MR) is 76.3 cm³/mol. The van der Waals surface area contributed by atoms with Gasteiger partial charge in [-0.3, -0.25) is 9.59 Å². The third-order valence-corrected chi connectivity index (χ3v) is 4.10. The second-order valence-corrected chi connectivity index (χ2v) is 5.69. The minimum absolute atomic E-state index is 0.102. The molecular weight excluding hydrogens is 292 g/mol. The van der Waals surface area contributed by atoms with E-state index in [4.69, 9.17) is 0 Å². The molecule has 2 aliphatic rings. The Morgan fingerprint density at radius 3 is 2.82 bits per heavy atom. The Hall–Kier alpha value is -2.18. The van der Waals surface area contributed by atoms with Crippen LogP contribution in [0.25, 0.3) is 0 Å². The van der Waals surface area contributed by atoms with Crippen LogP contribution < -0.4 is 15.5 Å². The van der Waals surface area contributed by atoms with E-state index in [1.165, 1.54) is 12.1 Å². The maximum atomic E-state index is 13.8. The van der Waals surface area contributed by atoms with E-state index in [1.807, 2.05) is 0 Å². The zero-order chi connectivity index (χ0) is 15.7. The standard InChI is InChI=1S/C15H17F2N3O2/c16-9-1-3-13(11(17)7-9)20-6-5-10(8-20)18-15(22)12-2-4-14(21)19-12/h1,3,7,10,12H,2,4-6,8H2,(H,18,22)(H,19,21). The highest BCUT2D eigenvalue weighted by Crippen LogP contribution is 2.24. The van der Waals surface area contributed by atoms with Gasteiger partial charge in [0, 0.05) is 31.6 Å². The van der Waals surface area contributed by atoms with Crippen molar-refractivity contribution in [1.82, 2.24) is 10.6 Å². The van der Waals surface area contributed by atoms with E-state index in [9.17, 15) is 18.4 Å². The third kappa shape index (κ3) is 3.03. The summed E-state index contributed by atoms with van der Waals surface area (Å²) in [6, 6.07) is 2.92. The summed E-state index contributed by atoms with van der Waals surface area (Å²) in [6.07, 6.45) is 1.56. The molecule has 2 amide bonds. The van der Waals surface area contributed by atoms with Crippen molar-refractivity contribution in [3.05, 3.63) is 29.8 Å². The van der Waals surface area contributed by atoms with E-state index in [0.29, 0.717) is 38.0 Å². The van der Waals surface area contributed by atoms with Crippen LogP contribution >= 0.6 is 0 Å². The highest BCUT2D eigenvalue weighted by molar-refractivity contribution is 5.90. The lowest BCUT2D eigenvalue weighted by Gasteiger charge is -2.20. The summed E-state index contributed by atoms with van der Waals surface area (Å²) in [4.78, 5) is 24.9. The number of benzene rings is 1. The first kappa shape index (κ1) is 14.7. The summed E-state index contributed by atoms with van der Waals surface area (Å²) in [5.41, 5.74) is 0.340. The molecule has 2 unspecified atom stereocenters. The molecule has 0 saturated carbocycles. The van der Waals surface area contributed by atoms with Crippen LogP contribution in [0.1, 0.15) is 19.3 Å². The van der Waals surface area contributed by atoms with Crippen LogP contribution in [0.15, 0.2) is 18.2 Å². The van der Waals surface area contributed by atoms with Gasteiger partial charge in [0.25, 0.3) is 0 Å². The van der Waals surface area contributed by atoms with Crippen LogP contribution in [0, 0.1) is 11.6 Å². The molecule has 2 saturated heterocycles. The molecule has 0 spiro atoms. The lowest BCUT2D eigenvalue weighted by molar-refractivity contribution is -0.126. The largest absolute Gasteiger partial charge is 0.367 e. The van der Waals surface area contributed by atoms with Gasteiger partial charge in [-0.1, -0.05) is 0 Å². The Kier molecular flexibility index (Phi) is 3.96. The van der Waals surface area contributed by atoms with Crippen LogP contribution in [0.2, 0.25) is 0 Å². The van der Waals surface area contributed by atoms with Gasteiger partial charge in [0.15, 0.2) is 0 Å². The number of hydrogen-bond donors (Lipinski definition) is 2. The molecule has 2 N–H and O–H groups in total. The average Bonchev–Trinajstić information content (AvgIpc) is 3.08. The van der Waals surface area contributed by atoms with Crippen LogP contribution in [0.5, 0.6) is 0 Å². The van der Waals surface area contributed by atoms with Gasteiger partial charge >= 0.3 is 0 Å². The summed E-state index contributed by atoms with van der Waals surface area (Å²) in [6.45, 7) is 1.06. The van der Waals surface area contributed by atoms with Crippen LogP contribution in [-0.2, 0) is 9.59 Å². The van der Waals surface area contributed by atoms with Gasteiger partial charge in [-0.15, -0.1) is 0 Å². The number of nitrogens with one attached hydrogen (secondary N) is 2. The number of rotatable bonds is 3. The topological polar surface area (TPSA) is 61.4 Å². The molecule has 7 heteroatoms. The van der Waals surface area contributed by atoms with Crippen molar-refractivity contribution in [3.8, 4) is 0 Å². The molecule has 118 valence electrons. The lowest BCUT2D eigenvalue weighted by atomic mass is 10.2. The molecule has 0 aliphatic carbocycles. The van der Waals surface area contributed by atoms with Crippen LogP contribution in [0.3, 0.4) is 0 Å². The molecule has 3 rings (SSSR count). The summed E-state index contributed by atoms with van der Waals surface area (Å²) >= 11 is 0. The van der Waals surface area contributed by atoms with Gasteiger partial charge in [0.2, 0.25) is 11.8 Å². The van der Waals surface area contributed by atoms with Crippen molar-refractivity contribution in [3.63, 3.8) is 0 Å². The van der Waals surface area contributed by atoms with E-state index < -0.39 is 17.7 Å². The van der Waals surface area contributed by atoms with Crippen LogP contribution in [0.4, 0.5) is 14.5 Å². The average molecular weight is 309 g/mol. The first-order valence-corrected chi connectivity index (χ1v) is 7.32. The second kappa shape index (κ2) is 5.90. The highest BCUT2D eigenvalue weighted by Gasteiger charge is 2.31. The van der Waals surface area contributed by atoms with Gasteiger partial charge in [0.1, 0.15) is 17.7 Å². The number of nitrogens with zero attached hydrogens (tertiary/aromatic N) is 1. The molecule has 2 atom stereocenters. The van der Waals surface area contributed by atoms with Crippen molar-refractivity contribution >= 4 is 17.5 Å². The number of carbonyl (C=O) groups excluding carboxylic acids is 2. The highest BCUT2D eigenvalue weighted by atomic mass is 19.1. The van der Waals surface area contributed by atoms with Crippen molar-refractivity contribution in [2.24, 2.45) is 0 Å². The zero-order valence-electron chi connectivity index (χ0n) is 11.9. The SMILES string of the molecule is O=C1CCC(C(=O)NC2CCN(c3ccc(F)cc3F)C2)N1. The Labute approximate surface area is 126 Å². The third-order valence-electron chi connectivity index (χ3n) is 4.10. The van der Waals surface area contributed by atoms with Crippen molar-refractivity contribution in [2.45, 2.75) is 31.3 Å². The lowest BCUT2D eigenvalue weighted by Crippen LogP contribution is -2.46. The fraction of sp³-hybridized carbons (Fsp3) is 0.467.